The van der Waals surface area contributed by atoms with Crippen LogP contribution in [-0.4, -0.2) is 39.4 Å². The molecule has 0 heterocycles. The van der Waals surface area contributed by atoms with Crippen LogP contribution in [0.4, 0.5) is 0 Å². The molecule has 0 aliphatic heterocycles. The molecule has 0 bridgehead atoms. The number of carbonyl (C=O) groups is 2. The Labute approximate surface area is 202 Å². The summed E-state index contributed by atoms with van der Waals surface area (Å²) in [6, 6.07) is 14.7. The van der Waals surface area contributed by atoms with Gasteiger partial charge in [-0.15, -0.1) is 0 Å². The van der Waals surface area contributed by atoms with Gasteiger partial charge in [-0.3, -0.25) is 4.79 Å². The average molecular weight is 483 g/mol. The van der Waals surface area contributed by atoms with Gasteiger partial charge in [0.05, 0.1) is 33.1 Å². The van der Waals surface area contributed by atoms with Crippen LogP contribution in [0, 0.1) is 6.92 Å². The summed E-state index contributed by atoms with van der Waals surface area (Å²) < 4.78 is 21.4. The van der Waals surface area contributed by atoms with Crippen LogP contribution in [0.2, 0.25) is 5.02 Å². The Morgan fingerprint density at radius 1 is 0.882 bits per heavy atom. The number of aryl methyl sites for hydroxylation is 1. The summed E-state index contributed by atoms with van der Waals surface area (Å²) in [6.07, 6.45) is 1.38. The Bertz CT molecular complexity index is 1220. The quantitative estimate of drug-likeness (QED) is 0.217. The van der Waals surface area contributed by atoms with E-state index in [1.165, 1.54) is 39.7 Å². The molecule has 0 atom stereocenters. The van der Waals surface area contributed by atoms with Gasteiger partial charge in [0.25, 0.3) is 5.91 Å². The van der Waals surface area contributed by atoms with Crippen molar-refractivity contribution in [1.82, 2.24) is 5.43 Å². The molecular formula is C25H23ClN2O6. The van der Waals surface area contributed by atoms with Gasteiger partial charge in [-0.2, -0.15) is 5.10 Å². The SMILES string of the molecule is COc1cc(C(=O)Oc2ccccc2/C=N/NC(=O)c2ccc(C)c(Cl)c2)cc(OC)c1OC. The number of halogens is 1. The molecule has 3 rings (SSSR count). The van der Waals surface area contributed by atoms with Crippen molar-refractivity contribution in [2.45, 2.75) is 6.92 Å². The van der Waals surface area contributed by atoms with E-state index in [-0.39, 0.29) is 11.3 Å². The first-order valence-electron chi connectivity index (χ1n) is 10.1. The molecule has 0 saturated heterocycles. The van der Waals surface area contributed by atoms with E-state index in [4.69, 9.17) is 30.5 Å². The number of carbonyl (C=O) groups excluding carboxylic acids is 2. The largest absolute Gasteiger partial charge is 0.493 e. The normalized spacial score (nSPS) is 10.6. The highest BCUT2D eigenvalue weighted by molar-refractivity contribution is 6.31. The van der Waals surface area contributed by atoms with Gasteiger partial charge in [0.2, 0.25) is 5.75 Å². The minimum atomic E-state index is -0.640. The third kappa shape index (κ3) is 5.65. The van der Waals surface area contributed by atoms with Gasteiger partial charge in [0, 0.05) is 16.1 Å². The van der Waals surface area contributed by atoms with E-state index in [2.05, 4.69) is 10.5 Å². The number of esters is 1. The summed E-state index contributed by atoms with van der Waals surface area (Å²) in [4.78, 5) is 25.1. The zero-order valence-electron chi connectivity index (χ0n) is 19.0. The Morgan fingerprint density at radius 3 is 2.18 bits per heavy atom. The van der Waals surface area contributed by atoms with Crippen LogP contribution in [-0.2, 0) is 0 Å². The predicted octanol–water partition coefficient (Wildman–Crippen LogP) is 4.66. The monoisotopic (exact) mass is 482 g/mol. The molecular weight excluding hydrogens is 460 g/mol. The number of nitrogens with zero attached hydrogens (tertiary/aromatic N) is 1. The third-order valence-corrected chi connectivity index (χ3v) is 5.23. The number of benzene rings is 3. The number of amides is 1. The third-order valence-electron chi connectivity index (χ3n) is 4.83. The maximum absolute atomic E-state index is 12.8. The fourth-order valence-electron chi connectivity index (χ4n) is 3.00. The first-order valence-corrected chi connectivity index (χ1v) is 10.5. The van der Waals surface area contributed by atoms with Gasteiger partial charge < -0.3 is 18.9 Å². The Hall–Kier alpha value is -4.04. The molecule has 3 aromatic rings. The fourth-order valence-corrected chi connectivity index (χ4v) is 3.18. The van der Waals surface area contributed by atoms with Crippen molar-refractivity contribution in [1.29, 1.82) is 0 Å². The lowest BCUT2D eigenvalue weighted by molar-refractivity contribution is 0.0733. The Balaban J connectivity index is 1.77. The van der Waals surface area contributed by atoms with Gasteiger partial charge in [-0.05, 0) is 48.9 Å². The molecule has 0 saturated carbocycles. The molecule has 0 radical (unpaired) electrons. The van der Waals surface area contributed by atoms with Crippen LogP contribution in [0.5, 0.6) is 23.0 Å². The van der Waals surface area contributed by atoms with Crippen LogP contribution in [0.15, 0.2) is 59.7 Å². The summed E-state index contributed by atoms with van der Waals surface area (Å²) in [7, 11) is 4.38. The van der Waals surface area contributed by atoms with E-state index in [1.807, 2.05) is 6.92 Å². The maximum atomic E-state index is 12.8. The van der Waals surface area contributed by atoms with E-state index < -0.39 is 11.9 Å². The van der Waals surface area contributed by atoms with E-state index in [0.29, 0.717) is 33.4 Å². The van der Waals surface area contributed by atoms with Crippen molar-refractivity contribution in [3.8, 4) is 23.0 Å². The highest BCUT2D eigenvalue weighted by Gasteiger charge is 2.19. The van der Waals surface area contributed by atoms with Gasteiger partial charge in [0.15, 0.2) is 11.5 Å². The molecule has 1 N–H and O–H groups in total. The van der Waals surface area contributed by atoms with E-state index >= 15 is 0 Å². The Kier molecular flexibility index (Phi) is 8.10. The predicted molar refractivity (Wildman–Crippen MR) is 129 cm³/mol. The number of hydrazone groups is 1. The molecule has 1 amide bonds. The topological polar surface area (TPSA) is 95.5 Å². The second-order valence-corrected chi connectivity index (χ2v) is 7.41. The van der Waals surface area contributed by atoms with Crippen molar-refractivity contribution in [2.75, 3.05) is 21.3 Å². The minimum absolute atomic E-state index is 0.200. The number of hydrogen-bond acceptors (Lipinski definition) is 7. The zero-order chi connectivity index (χ0) is 24.7. The molecule has 9 heteroatoms. The molecule has 3 aromatic carbocycles. The van der Waals surface area contributed by atoms with Crippen LogP contribution >= 0.6 is 11.6 Å². The minimum Gasteiger partial charge on any atom is -0.493 e. The van der Waals surface area contributed by atoms with Crippen molar-refractivity contribution in [3.05, 3.63) is 81.9 Å². The molecule has 0 aromatic heterocycles. The van der Waals surface area contributed by atoms with Gasteiger partial charge in [-0.25, -0.2) is 10.2 Å². The summed E-state index contributed by atoms with van der Waals surface area (Å²) in [6.45, 7) is 1.85. The molecule has 0 aliphatic rings. The van der Waals surface area contributed by atoms with E-state index in [1.54, 1.807) is 42.5 Å². The lowest BCUT2D eigenvalue weighted by Gasteiger charge is -2.14. The standard InChI is InChI=1S/C25H23ClN2O6/c1-15-9-10-16(11-19(15)26)24(29)28-27-14-17-7-5-6-8-20(17)34-25(30)18-12-21(31-2)23(33-4)22(13-18)32-3/h5-14H,1-4H3,(H,28,29)/b27-14+. The number of hydrogen-bond donors (Lipinski definition) is 1. The van der Waals surface area contributed by atoms with Crippen molar-refractivity contribution in [3.63, 3.8) is 0 Å². The maximum Gasteiger partial charge on any atom is 0.343 e. The first-order chi connectivity index (χ1) is 16.4. The van der Waals surface area contributed by atoms with Crippen LogP contribution in [0.1, 0.15) is 31.8 Å². The van der Waals surface area contributed by atoms with Crippen molar-refractivity contribution < 1.29 is 28.5 Å². The number of nitrogens with one attached hydrogen (secondary N) is 1. The van der Waals surface area contributed by atoms with E-state index in [9.17, 15) is 9.59 Å². The van der Waals surface area contributed by atoms with Crippen LogP contribution in [0.25, 0.3) is 0 Å². The molecule has 34 heavy (non-hydrogen) atoms. The summed E-state index contributed by atoms with van der Waals surface area (Å²) in [5.41, 5.74) is 4.35. The van der Waals surface area contributed by atoms with Crippen molar-refractivity contribution >= 4 is 29.7 Å². The highest BCUT2D eigenvalue weighted by atomic mass is 35.5. The highest BCUT2D eigenvalue weighted by Crippen LogP contribution is 2.38. The zero-order valence-corrected chi connectivity index (χ0v) is 19.8. The number of ether oxygens (including phenoxy) is 4. The lowest BCUT2D eigenvalue weighted by Crippen LogP contribution is -2.17. The molecule has 0 spiro atoms. The lowest BCUT2D eigenvalue weighted by atomic mass is 10.1. The molecule has 0 unspecified atom stereocenters. The summed E-state index contributed by atoms with van der Waals surface area (Å²) in [5, 5.41) is 4.46. The van der Waals surface area contributed by atoms with Crippen LogP contribution in [0.3, 0.4) is 0 Å². The first kappa shape index (κ1) is 24.6. The molecule has 8 nitrogen and oxygen atoms in total. The second-order valence-electron chi connectivity index (χ2n) is 7.00. The van der Waals surface area contributed by atoms with Crippen LogP contribution < -0.4 is 24.4 Å². The molecule has 0 aliphatic carbocycles. The summed E-state index contributed by atoms with van der Waals surface area (Å²) >= 11 is 6.07. The second kappa shape index (κ2) is 11.2. The van der Waals surface area contributed by atoms with Gasteiger partial charge in [0.1, 0.15) is 5.75 Å². The molecule has 176 valence electrons. The van der Waals surface area contributed by atoms with Gasteiger partial charge in [-0.1, -0.05) is 29.8 Å². The van der Waals surface area contributed by atoms with Crippen molar-refractivity contribution in [2.24, 2.45) is 5.10 Å². The summed E-state index contributed by atoms with van der Waals surface area (Å²) in [5.74, 6) is 0.186. The number of para-hydroxylation sites is 1. The number of methoxy groups -OCH3 is 3. The average Bonchev–Trinajstić information content (AvgIpc) is 2.85. The molecule has 0 fully saturated rings. The van der Waals surface area contributed by atoms with Gasteiger partial charge >= 0.3 is 5.97 Å². The Morgan fingerprint density at radius 2 is 1.56 bits per heavy atom. The number of rotatable bonds is 8. The van der Waals surface area contributed by atoms with E-state index in [0.717, 1.165) is 5.56 Å². The smallest absolute Gasteiger partial charge is 0.343 e. The fraction of sp³-hybridized carbons (Fsp3) is 0.160.